The monoisotopic (exact) mass is 512 g/mol. The summed E-state index contributed by atoms with van der Waals surface area (Å²) < 4.78 is 62.2. The lowest BCUT2D eigenvalue weighted by Crippen LogP contribution is -2.60. The van der Waals surface area contributed by atoms with Crippen molar-refractivity contribution >= 4 is 23.4 Å². The van der Waals surface area contributed by atoms with E-state index in [9.17, 15) is 27.2 Å². The fourth-order valence-corrected chi connectivity index (χ4v) is 5.73. The molecule has 5 nitrogen and oxygen atoms in total. The maximum atomic E-state index is 14.4. The summed E-state index contributed by atoms with van der Waals surface area (Å²) in [5.74, 6) is -2.32. The summed E-state index contributed by atoms with van der Waals surface area (Å²) in [4.78, 5) is 26.9. The number of benzene rings is 2. The Balaban J connectivity index is 1.64. The van der Waals surface area contributed by atoms with Crippen LogP contribution in [0.5, 0.6) is 0 Å². The third-order valence-corrected chi connectivity index (χ3v) is 7.74. The van der Waals surface area contributed by atoms with Crippen molar-refractivity contribution in [1.29, 1.82) is 0 Å². The lowest BCUT2D eigenvalue weighted by molar-refractivity contribution is -0.271. The predicted molar refractivity (Wildman–Crippen MR) is 121 cm³/mol. The lowest BCUT2D eigenvalue weighted by atomic mass is 9.62. The summed E-state index contributed by atoms with van der Waals surface area (Å²) in [6.07, 6.45) is -4.37. The van der Waals surface area contributed by atoms with Crippen LogP contribution in [0.1, 0.15) is 36.3 Å². The number of rotatable bonds is 4. The molecule has 2 aromatic rings. The first-order valence-corrected chi connectivity index (χ1v) is 11.6. The van der Waals surface area contributed by atoms with Gasteiger partial charge in [0.15, 0.2) is 0 Å². The molecule has 4 rings (SSSR count). The number of carbonyl (C=O) groups is 2. The Morgan fingerprint density at radius 1 is 1.11 bits per heavy atom. The van der Waals surface area contributed by atoms with Crippen molar-refractivity contribution in [1.82, 2.24) is 10.2 Å². The van der Waals surface area contributed by atoms with Crippen LogP contribution >= 0.6 is 11.6 Å². The van der Waals surface area contributed by atoms with Crippen LogP contribution in [0.3, 0.4) is 0 Å². The molecule has 2 fully saturated rings. The molecule has 10 heteroatoms. The average molecular weight is 513 g/mol. The number of hydrogen-bond acceptors (Lipinski definition) is 3. The molecule has 2 saturated heterocycles. The van der Waals surface area contributed by atoms with Crippen LogP contribution < -0.4 is 5.32 Å². The Morgan fingerprint density at radius 3 is 2.37 bits per heavy atom. The Kier molecular flexibility index (Phi) is 6.85. The molecule has 0 saturated carbocycles. The summed E-state index contributed by atoms with van der Waals surface area (Å²) in [5.41, 5.74) is -3.58. The number of alkyl halides is 3. The molecular weight excluding hydrogens is 488 g/mol. The molecule has 0 aliphatic carbocycles. The molecule has 2 atom stereocenters. The van der Waals surface area contributed by atoms with E-state index in [0.717, 1.165) is 12.0 Å². The van der Waals surface area contributed by atoms with Crippen LogP contribution in [0.15, 0.2) is 48.5 Å². The van der Waals surface area contributed by atoms with Crippen LogP contribution in [-0.4, -0.2) is 49.6 Å². The van der Waals surface area contributed by atoms with Gasteiger partial charge < -0.3 is 15.0 Å². The van der Waals surface area contributed by atoms with Crippen LogP contribution in [0.4, 0.5) is 17.6 Å². The number of amides is 2. The number of nitrogens with zero attached hydrogens (tertiary/aromatic N) is 1. The van der Waals surface area contributed by atoms with E-state index >= 15 is 0 Å². The van der Waals surface area contributed by atoms with Gasteiger partial charge in [0.05, 0.1) is 5.02 Å². The molecule has 1 spiro atoms. The van der Waals surface area contributed by atoms with E-state index in [2.05, 4.69) is 5.32 Å². The van der Waals surface area contributed by atoms with Gasteiger partial charge in [-0.2, -0.15) is 13.2 Å². The number of halogens is 5. The minimum absolute atomic E-state index is 0.0103. The second-order valence-corrected chi connectivity index (χ2v) is 9.46. The SMILES string of the molecule is CO[C@@](C(=O)N1CCC2(CC1)CC(=O)NCC2c1cccc(F)c1Cl)(c1ccccc1)C(F)(F)F. The minimum Gasteiger partial charge on any atom is -0.356 e. The highest BCUT2D eigenvalue weighted by Gasteiger charge is 2.64. The van der Waals surface area contributed by atoms with Crippen LogP contribution in [0, 0.1) is 11.2 Å². The predicted octanol–water partition coefficient (Wildman–Crippen LogP) is 4.80. The van der Waals surface area contributed by atoms with E-state index in [1.54, 1.807) is 12.1 Å². The van der Waals surface area contributed by atoms with Crippen molar-refractivity contribution < 1.29 is 31.9 Å². The normalized spacial score (nSPS) is 21.9. The van der Waals surface area contributed by atoms with Crippen LogP contribution in [-0.2, 0) is 19.9 Å². The zero-order valence-corrected chi connectivity index (χ0v) is 19.8. The second-order valence-electron chi connectivity index (χ2n) is 9.08. The number of carbonyl (C=O) groups excluding carboxylic acids is 2. The first kappa shape index (κ1) is 25.4. The van der Waals surface area contributed by atoms with E-state index in [4.69, 9.17) is 16.3 Å². The van der Waals surface area contributed by atoms with Gasteiger partial charge in [-0.05, 0) is 29.9 Å². The van der Waals surface area contributed by atoms with E-state index in [1.807, 2.05) is 0 Å². The third kappa shape index (κ3) is 4.29. The van der Waals surface area contributed by atoms with E-state index in [1.165, 1.54) is 36.4 Å². The van der Waals surface area contributed by atoms with Gasteiger partial charge in [-0.1, -0.05) is 54.1 Å². The van der Waals surface area contributed by atoms with Crippen molar-refractivity contribution in [3.63, 3.8) is 0 Å². The molecule has 1 unspecified atom stereocenters. The van der Waals surface area contributed by atoms with Crippen molar-refractivity contribution in [3.8, 4) is 0 Å². The van der Waals surface area contributed by atoms with Crippen molar-refractivity contribution in [2.75, 3.05) is 26.7 Å². The van der Waals surface area contributed by atoms with Gasteiger partial charge in [-0.25, -0.2) is 4.39 Å². The van der Waals surface area contributed by atoms with Crippen LogP contribution in [0.25, 0.3) is 0 Å². The molecule has 2 aromatic carbocycles. The maximum absolute atomic E-state index is 14.4. The van der Waals surface area contributed by atoms with Gasteiger partial charge in [0, 0.05) is 44.6 Å². The number of ether oxygens (including phenoxy) is 1. The summed E-state index contributed by atoms with van der Waals surface area (Å²) in [5, 5.41) is 2.75. The Bertz CT molecular complexity index is 1100. The Morgan fingerprint density at radius 2 is 1.77 bits per heavy atom. The molecule has 2 heterocycles. The topological polar surface area (TPSA) is 58.6 Å². The van der Waals surface area contributed by atoms with Gasteiger partial charge >= 0.3 is 6.18 Å². The van der Waals surface area contributed by atoms with E-state index in [0.29, 0.717) is 5.56 Å². The molecule has 0 bridgehead atoms. The Labute approximate surface area is 205 Å². The lowest BCUT2D eigenvalue weighted by Gasteiger charge is -2.50. The number of piperidine rings is 2. The van der Waals surface area contributed by atoms with E-state index in [-0.39, 0.29) is 61.3 Å². The molecule has 2 amide bonds. The van der Waals surface area contributed by atoms with E-state index < -0.39 is 28.9 Å². The second kappa shape index (κ2) is 9.43. The Hall–Kier alpha value is -2.65. The fraction of sp³-hybridized carbons (Fsp3) is 0.440. The van der Waals surface area contributed by atoms with Gasteiger partial charge in [-0.3, -0.25) is 9.59 Å². The summed E-state index contributed by atoms with van der Waals surface area (Å²) in [7, 11) is 0.872. The van der Waals surface area contributed by atoms with Gasteiger partial charge in [0.25, 0.3) is 11.5 Å². The molecular formula is C25H25ClF4N2O3. The number of hydrogen-bond donors (Lipinski definition) is 1. The number of nitrogens with one attached hydrogen (secondary N) is 1. The molecule has 2 aliphatic heterocycles. The largest absolute Gasteiger partial charge is 0.430 e. The molecule has 2 aliphatic rings. The van der Waals surface area contributed by atoms with Crippen LogP contribution in [0.2, 0.25) is 5.02 Å². The summed E-state index contributed by atoms with van der Waals surface area (Å²) in [6.45, 7) is 0.206. The average Bonchev–Trinajstić information content (AvgIpc) is 2.82. The van der Waals surface area contributed by atoms with Crippen molar-refractivity contribution in [2.45, 2.75) is 37.0 Å². The fourth-order valence-electron chi connectivity index (χ4n) is 5.47. The first-order valence-electron chi connectivity index (χ1n) is 11.2. The maximum Gasteiger partial charge on any atom is 0.430 e. The van der Waals surface area contributed by atoms with Gasteiger partial charge in [-0.15, -0.1) is 0 Å². The highest BCUT2D eigenvalue weighted by Crippen LogP contribution is 2.51. The van der Waals surface area contributed by atoms with Crippen molar-refractivity contribution in [3.05, 3.63) is 70.5 Å². The molecule has 0 aromatic heterocycles. The molecule has 1 N–H and O–H groups in total. The van der Waals surface area contributed by atoms with Crippen molar-refractivity contribution in [2.24, 2.45) is 5.41 Å². The molecule has 35 heavy (non-hydrogen) atoms. The van der Waals surface area contributed by atoms with Gasteiger partial charge in [0.2, 0.25) is 5.91 Å². The zero-order valence-electron chi connectivity index (χ0n) is 19.0. The summed E-state index contributed by atoms with van der Waals surface area (Å²) >= 11 is 6.25. The quantitative estimate of drug-likeness (QED) is 0.599. The first-order chi connectivity index (χ1) is 16.6. The highest BCUT2D eigenvalue weighted by molar-refractivity contribution is 6.31. The summed E-state index contributed by atoms with van der Waals surface area (Å²) in [6, 6.07) is 11.3. The number of likely N-dealkylation sites (tertiary alicyclic amines) is 1. The molecule has 0 radical (unpaired) electrons. The standard InChI is InChI=1S/C25H25ClF4N2O3/c1-35-24(25(28,29)30,16-6-3-2-4-7-16)22(34)32-12-10-23(11-13-32)14-20(33)31-15-18(23)17-8-5-9-19(27)21(17)26/h2-9,18H,10-15H2,1H3,(H,31,33)/t18?,24-/m1/s1. The zero-order chi connectivity index (χ0) is 25.4. The minimum atomic E-state index is -5.00. The third-order valence-electron chi connectivity index (χ3n) is 7.35. The van der Waals surface area contributed by atoms with Gasteiger partial charge in [0.1, 0.15) is 5.82 Å². The number of methoxy groups -OCH3 is 1. The smallest absolute Gasteiger partial charge is 0.356 e. The highest BCUT2D eigenvalue weighted by atomic mass is 35.5. The molecule has 188 valence electrons.